The Kier molecular flexibility index (Phi) is 7.22. The van der Waals surface area contributed by atoms with Crippen molar-refractivity contribution < 1.29 is 27.5 Å². The highest BCUT2D eigenvalue weighted by Crippen LogP contribution is 2.37. The number of carbonyl (C=O) groups is 2. The van der Waals surface area contributed by atoms with Crippen molar-refractivity contribution in [3.05, 3.63) is 45.8 Å². The van der Waals surface area contributed by atoms with Gasteiger partial charge in [-0.05, 0) is 56.0 Å². The molecule has 1 aromatic carbocycles. The third-order valence-corrected chi connectivity index (χ3v) is 6.21. The molecule has 6 nitrogen and oxygen atoms in total. The number of alkyl halides is 3. The smallest absolute Gasteiger partial charge is 0.406 e. The lowest BCUT2D eigenvalue weighted by Gasteiger charge is -2.17. The number of thiophene rings is 1. The molecule has 1 aromatic heterocycles. The van der Waals surface area contributed by atoms with Crippen LogP contribution in [0.25, 0.3) is 0 Å². The van der Waals surface area contributed by atoms with E-state index in [1.165, 1.54) is 23.5 Å². The first-order valence-electron chi connectivity index (χ1n) is 9.90. The van der Waals surface area contributed by atoms with Gasteiger partial charge in [-0.25, -0.2) is 0 Å². The summed E-state index contributed by atoms with van der Waals surface area (Å²) in [6, 6.07) is 5.61. The van der Waals surface area contributed by atoms with Gasteiger partial charge in [0.2, 0.25) is 5.91 Å². The molecule has 0 saturated heterocycles. The molecule has 0 bridgehead atoms. The predicted octanol–water partition coefficient (Wildman–Crippen LogP) is 4.09. The number of nitrogens with two attached hydrogens (primary N) is 1. The average Bonchev–Trinajstić information content (AvgIpc) is 3.04. The van der Waals surface area contributed by atoms with Gasteiger partial charge in [-0.3, -0.25) is 9.59 Å². The van der Waals surface area contributed by atoms with Crippen LogP contribution < -0.4 is 15.8 Å². The number of ether oxygens (including phenoxy) is 1. The highest BCUT2D eigenvalue weighted by atomic mass is 32.1. The minimum atomic E-state index is -4.72. The molecule has 0 radical (unpaired) electrons. The minimum absolute atomic E-state index is 0.201. The molecule has 2 aromatic rings. The topological polar surface area (TPSA) is 84.7 Å². The number of halogens is 3. The van der Waals surface area contributed by atoms with Crippen molar-refractivity contribution in [2.75, 3.05) is 18.9 Å². The predicted molar refractivity (Wildman–Crippen MR) is 112 cm³/mol. The number of primary amides is 1. The second kappa shape index (κ2) is 9.69. The number of amides is 2. The van der Waals surface area contributed by atoms with E-state index in [2.05, 4.69) is 10.1 Å². The molecule has 0 spiro atoms. The Labute approximate surface area is 182 Å². The third kappa shape index (κ3) is 6.44. The third-order valence-electron chi connectivity index (χ3n) is 5.00. The summed E-state index contributed by atoms with van der Waals surface area (Å²) in [6.07, 6.45) is -0.756. The summed E-state index contributed by atoms with van der Waals surface area (Å²) in [6.45, 7) is 0.892. The van der Waals surface area contributed by atoms with E-state index < -0.39 is 12.3 Å². The van der Waals surface area contributed by atoms with Gasteiger partial charge in [0.15, 0.2) is 0 Å². The zero-order valence-corrected chi connectivity index (χ0v) is 17.9. The molecule has 1 aliphatic carbocycles. The van der Waals surface area contributed by atoms with Crippen molar-refractivity contribution in [1.82, 2.24) is 4.90 Å². The molecule has 0 saturated carbocycles. The Hall–Kier alpha value is -2.59. The zero-order chi connectivity index (χ0) is 22.6. The van der Waals surface area contributed by atoms with Crippen molar-refractivity contribution in [2.24, 2.45) is 5.73 Å². The lowest BCUT2D eigenvalue weighted by Crippen LogP contribution is -2.24. The number of hydrogen-bond donors (Lipinski definition) is 2. The van der Waals surface area contributed by atoms with Gasteiger partial charge >= 0.3 is 6.36 Å². The number of nitrogens with one attached hydrogen (secondary N) is 1. The molecule has 0 aliphatic heterocycles. The SMILES string of the molecule is CN(CCC(=O)Nc1sc2c(c1C(N)=O)CCCC2)Cc1ccc(OC(F)(F)F)cc1. The Morgan fingerprint density at radius 3 is 2.52 bits per heavy atom. The maximum Gasteiger partial charge on any atom is 0.573 e. The maximum atomic E-state index is 12.4. The van der Waals surface area contributed by atoms with Crippen LogP contribution >= 0.6 is 11.3 Å². The average molecular weight is 456 g/mol. The minimum Gasteiger partial charge on any atom is -0.406 e. The Morgan fingerprint density at radius 2 is 1.87 bits per heavy atom. The zero-order valence-electron chi connectivity index (χ0n) is 17.1. The van der Waals surface area contributed by atoms with E-state index in [4.69, 9.17) is 5.73 Å². The van der Waals surface area contributed by atoms with Crippen LogP contribution in [0.4, 0.5) is 18.2 Å². The molecular weight excluding hydrogens is 431 g/mol. The highest BCUT2D eigenvalue weighted by Gasteiger charge is 2.31. The molecule has 1 heterocycles. The second-order valence-electron chi connectivity index (χ2n) is 7.51. The number of aryl methyl sites for hydroxylation is 1. The van der Waals surface area contributed by atoms with Crippen LogP contribution in [0.5, 0.6) is 5.75 Å². The van der Waals surface area contributed by atoms with Gasteiger partial charge in [0.1, 0.15) is 10.8 Å². The Balaban J connectivity index is 1.52. The van der Waals surface area contributed by atoms with Gasteiger partial charge < -0.3 is 20.7 Å². The van der Waals surface area contributed by atoms with Crippen LogP contribution in [0.2, 0.25) is 0 Å². The highest BCUT2D eigenvalue weighted by molar-refractivity contribution is 7.17. The molecule has 0 atom stereocenters. The van der Waals surface area contributed by atoms with Crippen molar-refractivity contribution in [2.45, 2.75) is 45.0 Å². The number of rotatable bonds is 8. The lowest BCUT2D eigenvalue weighted by atomic mass is 9.95. The molecular formula is C21H24F3N3O3S. The molecule has 0 fully saturated rings. The van der Waals surface area contributed by atoms with Crippen LogP contribution in [0.3, 0.4) is 0 Å². The first-order valence-corrected chi connectivity index (χ1v) is 10.7. The van der Waals surface area contributed by atoms with Gasteiger partial charge in [0, 0.05) is 24.4 Å². The number of nitrogens with zero attached hydrogens (tertiary/aromatic N) is 1. The number of fused-ring (bicyclic) bond motifs is 1. The molecule has 10 heteroatoms. The van der Waals surface area contributed by atoms with Gasteiger partial charge in [-0.1, -0.05) is 12.1 Å². The second-order valence-corrected chi connectivity index (χ2v) is 8.61. The van der Waals surface area contributed by atoms with Crippen LogP contribution in [0.15, 0.2) is 24.3 Å². The molecule has 3 N–H and O–H groups in total. The summed E-state index contributed by atoms with van der Waals surface area (Å²) < 4.78 is 40.5. The largest absolute Gasteiger partial charge is 0.573 e. The summed E-state index contributed by atoms with van der Waals surface area (Å²) in [4.78, 5) is 27.3. The number of hydrogen-bond acceptors (Lipinski definition) is 5. The van der Waals surface area contributed by atoms with E-state index in [9.17, 15) is 22.8 Å². The van der Waals surface area contributed by atoms with E-state index in [-0.39, 0.29) is 18.1 Å². The summed E-state index contributed by atoms with van der Waals surface area (Å²) in [7, 11) is 1.81. The number of benzene rings is 1. The molecule has 2 amide bonds. The first kappa shape index (κ1) is 23.1. The fourth-order valence-corrected chi connectivity index (χ4v) is 4.89. The molecule has 1 aliphatic rings. The number of anilines is 1. The van der Waals surface area contributed by atoms with E-state index in [1.807, 2.05) is 11.9 Å². The van der Waals surface area contributed by atoms with Gasteiger partial charge in [0.05, 0.1) is 5.56 Å². The normalized spacial score (nSPS) is 13.7. The first-order chi connectivity index (χ1) is 14.6. The molecule has 168 valence electrons. The van der Waals surface area contributed by atoms with Crippen LogP contribution in [0, 0.1) is 0 Å². The molecule has 0 unspecified atom stereocenters. The van der Waals surface area contributed by atoms with Crippen LogP contribution in [-0.2, 0) is 24.2 Å². The standard InChI is InChI=1S/C21H24F3N3O3S/c1-27(12-13-6-8-14(9-7-13)30-21(22,23)24)11-10-17(28)26-20-18(19(25)29)15-4-2-3-5-16(15)31-20/h6-9H,2-5,10-12H2,1H3,(H2,25,29)(H,26,28). The monoisotopic (exact) mass is 455 g/mol. The van der Waals surface area contributed by atoms with Gasteiger partial charge in [0.25, 0.3) is 5.91 Å². The number of carbonyl (C=O) groups excluding carboxylic acids is 2. The van der Waals surface area contributed by atoms with E-state index >= 15 is 0 Å². The van der Waals surface area contributed by atoms with Crippen molar-refractivity contribution in [3.63, 3.8) is 0 Å². The lowest BCUT2D eigenvalue weighted by molar-refractivity contribution is -0.274. The van der Waals surface area contributed by atoms with Crippen molar-refractivity contribution in [1.29, 1.82) is 0 Å². The summed E-state index contributed by atoms with van der Waals surface area (Å²) in [5.74, 6) is -1.02. The molecule has 3 rings (SSSR count). The maximum absolute atomic E-state index is 12.4. The quantitative estimate of drug-likeness (QED) is 0.628. The van der Waals surface area contributed by atoms with Crippen molar-refractivity contribution in [3.8, 4) is 5.75 Å². The Morgan fingerprint density at radius 1 is 1.19 bits per heavy atom. The summed E-state index contributed by atoms with van der Waals surface area (Å²) in [5.41, 5.74) is 7.74. The van der Waals surface area contributed by atoms with Gasteiger partial charge in [-0.15, -0.1) is 24.5 Å². The van der Waals surface area contributed by atoms with E-state index in [0.717, 1.165) is 41.7 Å². The van der Waals surface area contributed by atoms with Crippen LogP contribution in [0.1, 0.15) is 45.6 Å². The van der Waals surface area contributed by atoms with Crippen molar-refractivity contribution >= 4 is 28.2 Å². The van der Waals surface area contributed by atoms with Crippen LogP contribution in [-0.4, -0.2) is 36.7 Å². The summed E-state index contributed by atoms with van der Waals surface area (Å²) in [5, 5.41) is 3.35. The van der Waals surface area contributed by atoms with Gasteiger partial charge in [-0.2, -0.15) is 0 Å². The van der Waals surface area contributed by atoms with E-state index in [0.29, 0.717) is 23.7 Å². The molecule has 31 heavy (non-hydrogen) atoms. The van der Waals surface area contributed by atoms with E-state index in [1.54, 1.807) is 12.1 Å². The summed E-state index contributed by atoms with van der Waals surface area (Å²) >= 11 is 1.42. The fraction of sp³-hybridized carbons (Fsp3) is 0.429. The Bertz CT molecular complexity index is 942. The fourth-order valence-electron chi connectivity index (χ4n) is 3.58.